The normalized spacial score (nSPS) is 16.2. The largest absolute Gasteiger partial charge is 0.351 e. The molecule has 1 fully saturated rings. The monoisotopic (exact) mass is 396 g/mol. The van der Waals surface area contributed by atoms with E-state index in [-0.39, 0.29) is 4.90 Å². The van der Waals surface area contributed by atoms with Crippen LogP contribution >= 0.6 is 11.6 Å². The first kappa shape index (κ1) is 19.0. The number of likely N-dealkylation sites (N-methyl/N-ethyl adjacent to an activating group) is 1. The summed E-state index contributed by atoms with van der Waals surface area (Å²) in [4.78, 5) is 16.8. The van der Waals surface area contributed by atoms with Gasteiger partial charge in [0.15, 0.2) is 11.0 Å². The van der Waals surface area contributed by atoms with Crippen LogP contribution in [-0.4, -0.2) is 78.9 Å². The number of anilines is 1. The summed E-state index contributed by atoms with van der Waals surface area (Å²) in [6, 6.07) is 3.18. The number of hydrogen-bond acceptors (Lipinski definition) is 7. The molecule has 2 aromatic rings. The third kappa shape index (κ3) is 4.29. The molecule has 140 valence electrons. The number of rotatable bonds is 6. The Morgan fingerprint density at radius 3 is 2.54 bits per heavy atom. The van der Waals surface area contributed by atoms with Gasteiger partial charge in [0, 0.05) is 71.1 Å². The lowest BCUT2D eigenvalue weighted by Crippen LogP contribution is -2.49. The molecule has 0 radical (unpaired) electrons. The van der Waals surface area contributed by atoms with E-state index in [4.69, 9.17) is 11.6 Å². The van der Waals surface area contributed by atoms with Gasteiger partial charge in [0.05, 0.1) is 0 Å². The van der Waals surface area contributed by atoms with Gasteiger partial charge in [-0.3, -0.25) is 9.88 Å². The van der Waals surface area contributed by atoms with Crippen molar-refractivity contribution in [1.29, 1.82) is 0 Å². The SMILES string of the molecule is CN(CCN1CCN(c2nccnc2Cl)CC1)S(=O)(=O)c1cccnc1. The molecule has 26 heavy (non-hydrogen) atoms. The summed E-state index contributed by atoms with van der Waals surface area (Å²) in [7, 11) is -1.91. The minimum Gasteiger partial charge on any atom is -0.351 e. The Morgan fingerprint density at radius 2 is 1.88 bits per heavy atom. The fourth-order valence-electron chi connectivity index (χ4n) is 2.79. The molecule has 0 aliphatic carbocycles. The van der Waals surface area contributed by atoms with Gasteiger partial charge < -0.3 is 4.90 Å². The molecule has 1 saturated heterocycles. The molecule has 3 heterocycles. The number of sulfonamides is 1. The van der Waals surface area contributed by atoms with Crippen molar-refractivity contribution in [1.82, 2.24) is 24.2 Å². The summed E-state index contributed by atoms with van der Waals surface area (Å²) in [6.45, 7) is 4.26. The Balaban J connectivity index is 1.52. The molecular weight excluding hydrogens is 376 g/mol. The van der Waals surface area contributed by atoms with Crippen LogP contribution in [0.2, 0.25) is 5.15 Å². The van der Waals surface area contributed by atoms with Crippen molar-refractivity contribution in [2.45, 2.75) is 4.90 Å². The van der Waals surface area contributed by atoms with E-state index in [2.05, 4.69) is 24.8 Å². The molecule has 0 bridgehead atoms. The number of hydrogen-bond donors (Lipinski definition) is 0. The van der Waals surface area contributed by atoms with Crippen LogP contribution in [0.3, 0.4) is 0 Å². The second-order valence-corrected chi connectivity index (χ2v) is 8.42. The highest BCUT2D eigenvalue weighted by molar-refractivity contribution is 7.89. The summed E-state index contributed by atoms with van der Waals surface area (Å²) in [5, 5.41) is 0.406. The Morgan fingerprint density at radius 1 is 1.15 bits per heavy atom. The molecule has 2 aromatic heterocycles. The fourth-order valence-corrected chi connectivity index (χ4v) is 4.14. The molecule has 1 aliphatic heterocycles. The van der Waals surface area contributed by atoms with E-state index in [1.165, 1.54) is 10.5 Å². The van der Waals surface area contributed by atoms with Crippen molar-refractivity contribution in [2.75, 3.05) is 51.2 Å². The topological polar surface area (TPSA) is 82.5 Å². The van der Waals surface area contributed by atoms with Gasteiger partial charge in [-0.2, -0.15) is 4.31 Å². The van der Waals surface area contributed by atoms with Gasteiger partial charge in [-0.05, 0) is 12.1 Å². The second kappa shape index (κ2) is 8.26. The Labute approximate surface area is 158 Å². The zero-order valence-corrected chi connectivity index (χ0v) is 16.1. The van der Waals surface area contributed by atoms with Gasteiger partial charge in [0.2, 0.25) is 10.0 Å². The van der Waals surface area contributed by atoms with Crippen LogP contribution in [-0.2, 0) is 10.0 Å². The predicted octanol–water partition coefficient (Wildman–Crippen LogP) is 0.968. The summed E-state index contributed by atoms with van der Waals surface area (Å²) >= 11 is 6.10. The molecule has 10 heteroatoms. The van der Waals surface area contributed by atoms with E-state index >= 15 is 0 Å². The molecule has 1 aliphatic rings. The Hall–Kier alpha value is -1.81. The zero-order valence-electron chi connectivity index (χ0n) is 14.5. The number of nitrogens with zero attached hydrogens (tertiary/aromatic N) is 6. The van der Waals surface area contributed by atoms with Crippen molar-refractivity contribution in [3.63, 3.8) is 0 Å². The average Bonchev–Trinajstić information content (AvgIpc) is 2.67. The van der Waals surface area contributed by atoms with E-state index in [0.29, 0.717) is 24.1 Å². The predicted molar refractivity (Wildman–Crippen MR) is 99.7 cm³/mol. The van der Waals surface area contributed by atoms with E-state index in [9.17, 15) is 8.42 Å². The van der Waals surface area contributed by atoms with Gasteiger partial charge in [-0.15, -0.1) is 0 Å². The lowest BCUT2D eigenvalue weighted by Gasteiger charge is -2.36. The van der Waals surface area contributed by atoms with E-state index < -0.39 is 10.0 Å². The van der Waals surface area contributed by atoms with Gasteiger partial charge in [-0.1, -0.05) is 11.6 Å². The molecular formula is C16H21ClN6O2S. The molecule has 0 atom stereocenters. The van der Waals surface area contributed by atoms with Crippen LogP contribution < -0.4 is 4.90 Å². The first-order chi connectivity index (χ1) is 12.5. The van der Waals surface area contributed by atoms with Crippen molar-refractivity contribution in [2.24, 2.45) is 0 Å². The minimum absolute atomic E-state index is 0.213. The number of pyridine rings is 1. The quantitative estimate of drug-likeness (QED) is 0.719. The first-order valence-electron chi connectivity index (χ1n) is 8.28. The highest BCUT2D eigenvalue weighted by atomic mass is 35.5. The maximum Gasteiger partial charge on any atom is 0.244 e. The number of aromatic nitrogens is 3. The molecule has 0 unspecified atom stereocenters. The van der Waals surface area contributed by atoms with E-state index in [1.54, 1.807) is 37.8 Å². The van der Waals surface area contributed by atoms with Crippen LogP contribution in [0, 0.1) is 0 Å². The van der Waals surface area contributed by atoms with Crippen molar-refractivity contribution < 1.29 is 8.42 Å². The van der Waals surface area contributed by atoms with Gasteiger partial charge in [0.25, 0.3) is 0 Å². The molecule has 3 rings (SSSR count). The highest BCUT2D eigenvalue weighted by Gasteiger charge is 2.24. The second-order valence-electron chi connectivity index (χ2n) is 6.01. The molecule has 0 aromatic carbocycles. The van der Waals surface area contributed by atoms with E-state index in [1.807, 2.05) is 0 Å². The zero-order chi connectivity index (χ0) is 18.6. The van der Waals surface area contributed by atoms with Crippen LogP contribution in [0.5, 0.6) is 0 Å². The van der Waals surface area contributed by atoms with Crippen LogP contribution in [0.25, 0.3) is 0 Å². The lowest BCUT2D eigenvalue weighted by molar-refractivity contribution is 0.243. The third-order valence-electron chi connectivity index (χ3n) is 4.38. The summed E-state index contributed by atoms with van der Waals surface area (Å²) < 4.78 is 26.4. The molecule has 0 saturated carbocycles. The van der Waals surface area contributed by atoms with Crippen LogP contribution in [0.15, 0.2) is 41.8 Å². The Kier molecular flexibility index (Phi) is 6.02. The van der Waals surface area contributed by atoms with Crippen molar-refractivity contribution in [3.05, 3.63) is 42.1 Å². The molecule has 0 spiro atoms. The molecule has 0 N–H and O–H groups in total. The number of piperazine rings is 1. The van der Waals surface area contributed by atoms with Crippen molar-refractivity contribution >= 4 is 27.4 Å². The maximum atomic E-state index is 12.5. The average molecular weight is 397 g/mol. The van der Waals surface area contributed by atoms with Crippen LogP contribution in [0.4, 0.5) is 5.82 Å². The van der Waals surface area contributed by atoms with Gasteiger partial charge in [-0.25, -0.2) is 18.4 Å². The maximum absolute atomic E-state index is 12.5. The standard InChI is InChI=1S/C16H21ClN6O2S/c1-21(26(24,25)14-3-2-4-18-13-14)7-8-22-9-11-23(12-10-22)16-15(17)19-5-6-20-16/h2-6,13H,7-12H2,1H3. The summed E-state index contributed by atoms with van der Waals surface area (Å²) in [6.07, 6.45) is 6.13. The summed E-state index contributed by atoms with van der Waals surface area (Å²) in [5.74, 6) is 0.699. The Bertz CT molecular complexity index is 828. The molecule has 8 nitrogen and oxygen atoms in total. The molecule has 0 amide bonds. The first-order valence-corrected chi connectivity index (χ1v) is 10.1. The van der Waals surface area contributed by atoms with Gasteiger partial charge in [0.1, 0.15) is 4.90 Å². The minimum atomic E-state index is -3.50. The number of halogens is 1. The van der Waals surface area contributed by atoms with E-state index in [0.717, 1.165) is 26.2 Å². The lowest BCUT2D eigenvalue weighted by atomic mass is 10.3. The van der Waals surface area contributed by atoms with Crippen molar-refractivity contribution in [3.8, 4) is 0 Å². The fraction of sp³-hybridized carbons (Fsp3) is 0.438. The highest BCUT2D eigenvalue weighted by Crippen LogP contribution is 2.21. The third-order valence-corrected chi connectivity index (χ3v) is 6.49. The van der Waals surface area contributed by atoms with Gasteiger partial charge >= 0.3 is 0 Å². The smallest absolute Gasteiger partial charge is 0.244 e. The van der Waals surface area contributed by atoms with Crippen LogP contribution in [0.1, 0.15) is 0 Å². The summed E-state index contributed by atoms with van der Waals surface area (Å²) in [5.41, 5.74) is 0.